The Morgan fingerprint density at radius 2 is 2.27 bits per heavy atom. The summed E-state index contributed by atoms with van der Waals surface area (Å²) in [6.45, 7) is 7.97. The quantitative estimate of drug-likeness (QED) is 0.570. The van der Waals surface area contributed by atoms with Crippen LogP contribution in [-0.4, -0.2) is 12.6 Å². The van der Waals surface area contributed by atoms with Crippen LogP contribution in [0.15, 0.2) is 11.6 Å². The number of rotatable bonds is 1. The average molecular weight is 153 g/mol. The second-order valence-electron chi connectivity index (χ2n) is 3.77. The molecule has 1 heterocycles. The number of hydrogen-bond acceptors (Lipinski definition) is 1. The van der Waals surface area contributed by atoms with Crippen LogP contribution in [0.1, 0.15) is 33.6 Å². The molecule has 1 aliphatic rings. The van der Waals surface area contributed by atoms with Crippen LogP contribution in [0.2, 0.25) is 0 Å². The molecule has 0 aliphatic carbocycles. The maximum absolute atomic E-state index is 3.48. The molecule has 1 aliphatic heterocycles. The monoisotopic (exact) mass is 153 g/mol. The Morgan fingerprint density at radius 3 is 2.91 bits per heavy atom. The minimum Gasteiger partial charge on any atom is -0.314 e. The van der Waals surface area contributed by atoms with E-state index in [1.807, 2.05) is 0 Å². The minimum absolute atomic E-state index is 0.672. The van der Waals surface area contributed by atoms with Gasteiger partial charge in [-0.25, -0.2) is 0 Å². The van der Waals surface area contributed by atoms with Crippen molar-refractivity contribution in [1.82, 2.24) is 5.32 Å². The lowest BCUT2D eigenvalue weighted by molar-refractivity contribution is 0.567. The van der Waals surface area contributed by atoms with E-state index in [4.69, 9.17) is 0 Å². The highest BCUT2D eigenvalue weighted by Gasteiger charge is 2.08. The van der Waals surface area contributed by atoms with E-state index in [2.05, 4.69) is 32.2 Å². The summed E-state index contributed by atoms with van der Waals surface area (Å²) < 4.78 is 0. The van der Waals surface area contributed by atoms with Crippen molar-refractivity contribution in [3.63, 3.8) is 0 Å². The molecule has 0 saturated heterocycles. The normalized spacial score (nSPS) is 26.5. The van der Waals surface area contributed by atoms with Gasteiger partial charge in [0.2, 0.25) is 0 Å². The van der Waals surface area contributed by atoms with Gasteiger partial charge in [-0.1, -0.05) is 25.5 Å². The highest BCUT2D eigenvalue weighted by atomic mass is 14.9. The summed E-state index contributed by atoms with van der Waals surface area (Å²) in [7, 11) is 0. The van der Waals surface area contributed by atoms with Crippen molar-refractivity contribution in [3.8, 4) is 0 Å². The fourth-order valence-electron chi connectivity index (χ4n) is 1.50. The molecule has 1 heteroatoms. The molecule has 11 heavy (non-hydrogen) atoms. The maximum Gasteiger partial charge on any atom is 0.00734 e. The van der Waals surface area contributed by atoms with Gasteiger partial charge in [-0.15, -0.1) is 0 Å². The molecular formula is C10H19N. The van der Waals surface area contributed by atoms with E-state index in [1.54, 1.807) is 5.57 Å². The van der Waals surface area contributed by atoms with Crippen LogP contribution in [0, 0.1) is 5.92 Å². The van der Waals surface area contributed by atoms with Crippen LogP contribution in [0.25, 0.3) is 0 Å². The Hall–Kier alpha value is -0.300. The van der Waals surface area contributed by atoms with E-state index in [-0.39, 0.29) is 0 Å². The molecule has 1 unspecified atom stereocenters. The first kappa shape index (κ1) is 8.79. The zero-order valence-corrected chi connectivity index (χ0v) is 7.85. The van der Waals surface area contributed by atoms with Gasteiger partial charge >= 0.3 is 0 Å². The first-order valence-corrected chi connectivity index (χ1v) is 4.62. The highest BCUT2D eigenvalue weighted by Crippen LogP contribution is 2.16. The topological polar surface area (TPSA) is 12.0 Å². The van der Waals surface area contributed by atoms with Crippen molar-refractivity contribution >= 4 is 0 Å². The summed E-state index contributed by atoms with van der Waals surface area (Å²) in [5.41, 5.74) is 1.63. The van der Waals surface area contributed by atoms with Crippen molar-refractivity contribution in [2.45, 2.75) is 39.7 Å². The van der Waals surface area contributed by atoms with Crippen LogP contribution in [0.5, 0.6) is 0 Å². The number of hydrogen-bond donors (Lipinski definition) is 1. The Labute approximate surface area is 69.9 Å². The minimum atomic E-state index is 0.672. The van der Waals surface area contributed by atoms with Crippen molar-refractivity contribution in [1.29, 1.82) is 0 Å². The molecular weight excluding hydrogens is 134 g/mol. The molecule has 1 nitrogen and oxygen atoms in total. The van der Waals surface area contributed by atoms with E-state index < -0.39 is 0 Å². The van der Waals surface area contributed by atoms with Crippen molar-refractivity contribution in [2.75, 3.05) is 6.54 Å². The van der Waals surface area contributed by atoms with Crippen molar-refractivity contribution in [3.05, 3.63) is 11.6 Å². The molecule has 0 radical (unpaired) electrons. The maximum atomic E-state index is 3.48. The first-order chi connectivity index (χ1) is 5.20. The highest BCUT2D eigenvalue weighted by molar-refractivity contribution is 5.07. The molecule has 1 rings (SSSR count). The smallest absolute Gasteiger partial charge is 0.00734 e. The van der Waals surface area contributed by atoms with Crippen molar-refractivity contribution < 1.29 is 0 Å². The lowest BCUT2D eigenvalue weighted by Crippen LogP contribution is -2.24. The Morgan fingerprint density at radius 1 is 1.55 bits per heavy atom. The van der Waals surface area contributed by atoms with Gasteiger partial charge in [-0.3, -0.25) is 0 Å². The van der Waals surface area contributed by atoms with Crippen LogP contribution >= 0.6 is 0 Å². The molecule has 1 N–H and O–H groups in total. The third-order valence-corrected chi connectivity index (χ3v) is 2.38. The van der Waals surface area contributed by atoms with Gasteiger partial charge < -0.3 is 5.32 Å². The summed E-state index contributed by atoms with van der Waals surface area (Å²) in [5.74, 6) is 0.738. The molecule has 0 spiro atoms. The van der Waals surface area contributed by atoms with Crippen LogP contribution < -0.4 is 5.32 Å². The van der Waals surface area contributed by atoms with Crippen LogP contribution in [0.3, 0.4) is 0 Å². The van der Waals surface area contributed by atoms with Gasteiger partial charge in [0.25, 0.3) is 0 Å². The number of nitrogens with one attached hydrogen (secondary N) is 1. The average Bonchev–Trinajstić information content (AvgIpc) is 2.13. The Balaban J connectivity index is 2.51. The second kappa shape index (κ2) is 3.91. The van der Waals surface area contributed by atoms with Crippen LogP contribution in [0.4, 0.5) is 0 Å². The summed E-state index contributed by atoms with van der Waals surface area (Å²) >= 11 is 0. The van der Waals surface area contributed by atoms with Gasteiger partial charge in [0, 0.05) is 6.04 Å². The predicted octanol–water partition coefficient (Wildman–Crippen LogP) is 2.34. The fraction of sp³-hybridized carbons (Fsp3) is 0.800. The summed E-state index contributed by atoms with van der Waals surface area (Å²) in [4.78, 5) is 0. The zero-order valence-electron chi connectivity index (χ0n) is 7.85. The summed E-state index contributed by atoms with van der Waals surface area (Å²) in [5, 5.41) is 3.48. The first-order valence-electron chi connectivity index (χ1n) is 4.62. The molecule has 64 valence electrons. The molecule has 0 fully saturated rings. The van der Waals surface area contributed by atoms with Gasteiger partial charge in [-0.2, -0.15) is 0 Å². The Kier molecular flexibility index (Phi) is 3.13. The van der Waals surface area contributed by atoms with E-state index in [1.165, 1.54) is 12.8 Å². The second-order valence-corrected chi connectivity index (χ2v) is 3.77. The molecule has 0 aromatic heterocycles. The van der Waals surface area contributed by atoms with Gasteiger partial charge in [-0.05, 0) is 32.2 Å². The molecule has 0 amide bonds. The lowest BCUT2D eigenvalue weighted by atomic mass is 9.99. The zero-order chi connectivity index (χ0) is 8.27. The third-order valence-electron chi connectivity index (χ3n) is 2.38. The van der Waals surface area contributed by atoms with Gasteiger partial charge in [0.15, 0.2) is 0 Å². The third kappa shape index (κ3) is 2.66. The molecule has 0 saturated carbocycles. The molecule has 1 atom stereocenters. The van der Waals surface area contributed by atoms with E-state index in [0.717, 1.165) is 12.5 Å². The van der Waals surface area contributed by atoms with Crippen molar-refractivity contribution in [2.24, 2.45) is 5.92 Å². The molecule has 0 aromatic carbocycles. The summed E-state index contributed by atoms with van der Waals surface area (Å²) in [6.07, 6.45) is 4.85. The Bertz CT molecular complexity index is 147. The summed E-state index contributed by atoms with van der Waals surface area (Å²) in [6, 6.07) is 0.672. The standard InChI is InChI=1S/C10H19N/c1-8(2)10-5-4-9(3)11-7-6-10/h5,8-9,11H,4,6-7H2,1-3H3. The predicted molar refractivity (Wildman–Crippen MR) is 49.6 cm³/mol. The van der Waals surface area contributed by atoms with E-state index in [0.29, 0.717) is 6.04 Å². The van der Waals surface area contributed by atoms with E-state index in [9.17, 15) is 0 Å². The molecule has 0 aromatic rings. The van der Waals surface area contributed by atoms with Gasteiger partial charge in [0.05, 0.1) is 0 Å². The van der Waals surface area contributed by atoms with Crippen LogP contribution in [-0.2, 0) is 0 Å². The fourth-order valence-corrected chi connectivity index (χ4v) is 1.50. The lowest BCUT2D eigenvalue weighted by Gasteiger charge is -2.08. The SMILES string of the molecule is CC1CC=C(C(C)C)CCN1. The van der Waals surface area contributed by atoms with Gasteiger partial charge in [0.1, 0.15) is 0 Å². The largest absolute Gasteiger partial charge is 0.314 e. The van der Waals surface area contributed by atoms with E-state index >= 15 is 0 Å². The molecule has 0 bridgehead atoms.